The fourth-order valence-electron chi connectivity index (χ4n) is 0.899. The number of nitrogens with two attached hydrogens (primary N) is 2. The van der Waals surface area contributed by atoms with Gasteiger partial charge in [0.2, 0.25) is 0 Å². The van der Waals surface area contributed by atoms with Crippen molar-refractivity contribution in [2.45, 2.75) is 0 Å². The van der Waals surface area contributed by atoms with Crippen molar-refractivity contribution in [3.05, 3.63) is 42.5 Å². The second-order valence-corrected chi connectivity index (χ2v) is 2.43. The first-order valence-electron chi connectivity index (χ1n) is 3.69. The minimum absolute atomic E-state index is 0.175. The third-order valence-corrected chi connectivity index (χ3v) is 1.58. The number of nitrogens with zero attached hydrogens (tertiary/aromatic N) is 1. The van der Waals surface area contributed by atoms with Gasteiger partial charge in [-0.1, -0.05) is 36.9 Å². The molecule has 0 amide bonds. The van der Waals surface area contributed by atoms with Gasteiger partial charge in [0.1, 0.15) is 0 Å². The van der Waals surface area contributed by atoms with E-state index in [1.165, 1.54) is 0 Å². The van der Waals surface area contributed by atoms with E-state index in [0.717, 1.165) is 5.56 Å². The first kappa shape index (κ1) is 9.28. The Bertz CT molecular complexity index is 319. The van der Waals surface area contributed by atoms with E-state index in [4.69, 9.17) is 11.6 Å². The van der Waals surface area contributed by atoms with Gasteiger partial charge in [0.15, 0.2) is 5.84 Å². The molecule has 0 unspecified atom stereocenters. The Morgan fingerprint density at radius 2 is 1.92 bits per heavy atom. The van der Waals surface area contributed by atoms with Gasteiger partial charge in [-0.3, -0.25) is 0 Å². The smallest absolute Gasteiger partial charge is 0.172 e. The number of amidine groups is 1. The summed E-state index contributed by atoms with van der Waals surface area (Å²) >= 11 is 0. The van der Waals surface area contributed by atoms with Gasteiger partial charge in [0, 0.05) is 5.57 Å². The summed E-state index contributed by atoms with van der Waals surface area (Å²) in [5, 5.41) is 3.37. The summed E-state index contributed by atoms with van der Waals surface area (Å²) in [6.45, 7) is 3.75. The highest BCUT2D eigenvalue weighted by atomic mass is 16.7. The highest BCUT2D eigenvalue weighted by Gasteiger charge is 2.02. The molecule has 0 aliphatic heterocycles. The molecule has 4 heteroatoms. The summed E-state index contributed by atoms with van der Waals surface area (Å²) in [5.41, 5.74) is 6.98. The molecule has 0 bridgehead atoms. The van der Waals surface area contributed by atoms with Gasteiger partial charge in [-0.2, -0.15) is 0 Å². The second kappa shape index (κ2) is 4.27. The molecule has 1 aromatic carbocycles. The predicted molar refractivity (Wildman–Crippen MR) is 52.4 cm³/mol. The highest BCUT2D eigenvalue weighted by molar-refractivity contribution is 6.20. The van der Waals surface area contributed by atoms with Crippen molar-refractivity contribution in [3.63, 3.8) is 0 Å². The molecule has 4 N–H and O–H groups in total. The molecule has 1 aromatic rings. The zero-order valence-electron chi connectivity index (χ0n) is 7.10. The molecule has 0 spiro atoms. The van der Waals surface area contributed by atoms with E-state index in [0.29, 0.717) is 5.57 Å². The molecule has 0 atom stereocenters. The van der Waals surface area contributed by atoms with Crippen LogP contribution in [0.1, 0.15) is 5.56 Å². The van der Waals surface area contributed by atoms with Crippen molar-refractivity contribution in [2.24, 2.45) is 16.8 Å². The molecular weight excluding hydrogens is 166 g/mol. The van der Waals surface area contributed by atoms with Crippen LogP contribution in [0.5, 0.6) is 0 Å². The summed E-state index contributed by atoms with van der Waals surface area (Å²) in [6, 6.07) is 9.43. The highest BCUT2D eigenvalue weighted by Crippen LogP contribution is 2.10. The maximum atomic E-state index is 5.51. The van der Waals surface area contributed by atoms with Gasteiger partial charge in [-0.25, -0.2) is 0 Å². The monoisotopic (exact) mass is 177 g/mol. The molecule has 1 rings (SSSR count). The Kier molecular flexibility index (Phi) is 3.05. The van der Waals surface area contributed by atoms with Gasteiger partial charge in [0.05, 0.1) is 0 Å². The molecule has 0 aromatic heterocycles. The lowest BCUT2D eigenvalue weighted by molar-refractivity contribution is 0.149. The summed E-state index contributed by atoms with van der Waals surface area (Å²) in [4.78, 5) is 4.05. The van der Waals surface area contributed by atoms with Crippen LogP contribution in [0.25, 0.3) is 5.57 Å². The number of benzene rings is 1. The van der Waals surface area contributed by atoms with Crippen LogP contribution in [0.2, 0.25) is 0 Å². The zero-order valence-corrected chi connectivity index (χ0v) is 7.10. The lowest BCUT2D eigenvalue weighted by Gasteiger charge is -2.02. The molecule has 0 aliphatic carbocycles. The van der Waals surface area contributed by atoms with E-state index in [1.54, 1.807) is 0 Å². The lowest BCUT2D eigenvalue weighted by Crippen LogP contribution is -2.14. The van der Waals surface area contributed by atoms with E-state index in [1.807, 2.05) is 30.3 Å². The molecule has 68 valence electrons. The molecule has 4 nitrogen and oxygen atoms in total. The topological polar surface area (TPSA) is 73.6 Å². The van der Waals surface area contributed by atoms with Crippen molar-refractivity contribution in [1.29, 1.82) is 0 Å². The minimum atomic E-state index is 0.175. The molecular formula is C9H11N3O. The van der Waals surface area contributed by atoms with Crippen LogP contribution < -0.4 is 11.6 Å². The maximum absolute atomic E-state index is 5.51. The lowest BCUT2D eigenvalue weighted by atomic mass is 10.1. The first-order chi connectivity index (χ1) is 6.25. The number of oxime groups is 1. The Balaban J connectivity index is 2.86. The summed E-state index contributed by atoms with van der Waals surface area (Å²) < 4.78 is 0. The molecule has 13 heavy (non-hydrogen) atoms. The molecule has 0 aliphatic rings. The summed E-state index contributed by atoms with van der Waals surface area (Å²) in [5.74, 6) is 4.91. The van der Waals surface area contributed by atoms with Gasteiger partial charge >= 0.3 is 0 Å². The first-order valence-corrected chi connectivity index (χ1v) is 3.69. The molecule has 0 radical (unpaired) electrons. The molecule has 0 saturated carbocycles. The summed E-state index contributed by atoms with van der Waals surface area (Å²) in [7, 11) is 0. The number of hydrogen-bond acceptors (Lipinski definition) is 3. The normalized spacial score (nSPS) is 11.0. The standard InChI is InChI=1S/C9H11N3O/c1-7(9(10)12-13-11)8-5-3-2-4-6-8/h2-6H,1,11H2,(H2,10,12). The van der Waals surface area contributed by atoms with Crippen molar-refractivity contribution in [1.82, 2.24) is 0 Å². The minimum Gasteiger partial charge on any atom is -0.380 e. The van der Waals surface area contributed by atoms with E-state index in [2.05, 4.69) is 16.7 Å². The quantitative estimate of drug-likeness (QED) is 0.408. The molecule has 0 fully saturated rings. The van der Waals surface area contributed by atoms with E-state index in [-0.39, 0.29) is 5.84 Å². The van der Waals surface area contributed by atoms with E-state index in [9.17, 15) is 0 Å². The van der Waals surface area contributed by atoms with Crippen molar-refractivity contribution in [2.75, 3.05) is 0 Å². The van der Waals surface area contributed by atoms with Crippen molar-refractivity contribution < 1.29 is 4.94 Å². The van der Waals surface area contributed by atoms with Crippen LogP contribution in [-0.2, 0) is 4.94 Å². The maximum Gasteiger partial charge on any atom is 0.172 e. The Hall–Kier alpha value is -1.81. The van der Waals surface area contributed by atoms with Crippen LogP contribution in [0.4, 0.5) is 0 Å². The Morgan fingerprint density at radius 1 is 1.31 bits per heavy atom. The average molecular weight is 177 g/mol. The SMILES string of the molecule is C=C(/C(N)=N\ON)c1ccccc1. The van der Waals surface area contributed by atoms with Crippen LogP contribution in [0.15, 0.2) is 42.1 Å². The number of rotatable bonds is 3. The predicted octanol–water partition coefficient (Wildman–Crippen LogP) is 0.862. The van der Waals surface area contributed by atoms with Gasteiger partial charge in [-0.15, -0.1) is 5.90 Å². The zero-order chi connectivity index (χ0) is 9.68. The fraction of sp³-hybridized carbons (Fsp3) is 0. The Morgan fingerprint density at radius 3 is 2.46 bits per heavy atom. The Labute approximate surface area is 76.4 Å². The van der Waals surface area contributed by atoms with E-state index < -0.39 is 0 Å². The van der Waals surface area contributed by atoms with E-state index >= 15 is 0 Å². The van der Waals surface area contributed by atoms with Gasteiger partial charge in [0.25, 0.3) is 0 Å². The van der Waals surface area contributed by atoms with Crippen molar-refractivity contribution in [3.8, 4) is 0 Å². The molecule has 0 saturated heterocycles. The third-order valence-electron chi connectivity index (χ3n) is 1.58. The van der Waals surface area contributed by atoms with Gasteiger partial charge < -0.3 is 10.7 Å². The van der Waals surface area contributed by atoms with Crippen molar-refractivity contribution >= 4 is 11.4 Å². The van der Waals surface area contributed by atoms with Crippen LogP contribution >= 0.6 is 0 Å². The second-order valence-electron chi connectivity index (χ2n) is 2.43. The summed E-state index contributed by atoms with van der Waals surface area (Å²) in [6.07, 6.45) is 0. The van der Waals surface area contributed by atoms with Gasteiger partial charge in [-0.05, 0) is 10.7 Å². The van der Waals surface area contributed by atoms with Crippen LogP contribution in [-0.4, -0.2) is 5.84 Å². The number of hydrogen-bond donors (Lipinski definition) is 2. The third kappa shape index (κ3) is 2.31. The van der Waals surface area contributed by atoms with Crippen LogP contribution in [0, 0.1) is 0 Å². The van der Waals surface area contributed by atoms with Crippen LogP contribution in [0.3, 0.4) is 0 Å². The average Bonchev–Trinajstić information content (AvgIpc) is 2.18. The largest absolute Gasteiger partial charge is 0.380 e. The fourth-order valence-corrected chi connectivity index (χ4v) is 0.899. The molecule has 0 heterocycles.